The van der Waals surface area contributed by atoms with Crippen LogP contribution in [0.15, 0.2) is 48.6 Å². The Kier molecular flexibility index (Phi) is 5.71. The highest BCUT2D eigenvalue weighted by atomic mass is 16.5. The van der Waals surface area contributed by atoms with Crippen molar-refractivity contribution in [3.63, 3.8) is 0 Å². The Hall–Kier alpha value is -1.83. The second-order valence-corrected chi connectivity index (χ2v) is 3.32. The Morgan fingerprint density at radius 2 is 1.94 bits per heavy atom. The molecule has 0 unspecified atom stereocenters. The zero-order valence-electron chi connectivity index (χ0n) is 9.43. The van der Waals surface area contributed by atoms with Gasteiger partial charge in [0.25, 0.3) is 0 Å². The second-order valence-electron chi connectivity index (χ2n) is 3.32. The lowest BCUT2D eigenvalue weighted by Gasteiger charge is -1.93. The minimum absolute atomic E-state index is 0.246. The van der Waals surface area contributed by atoms with E-state index in [-0.39, 0.29) is 5.97 Å². The van der Waals surface area contributed by atoms with E-state index in [1.165, 1.54) is 12.5 Å². The third-order valence-corrected chi connectivity index (χ3v) is 1.93. The SMILES string of the molecule is CC(=O)OC/C=C/C/C=C\c1ccccc1. The average Bonchev–Trinajstić information content (AvgIpc) is 2.29. The smallest absolute Gasteiger partial charge is 0.302 e. The van der Waals surface area contributed by atoms with E-state index in [0.717, 1.165) is 6.42 Å². The van der Waals surface area contributed by atoms with Crippen molar-refractivity contribution in [2.24, 2.45) is 0 Å². The second kappa shape index (κ2) is 7.46. The molecule has 0 aromatic heterocycles. The van der Waals surface area contributed by atoms with E-state index in [1.807, 2.05) is 30.4 Å². The molecule has 1 aromatic carbocycles. The molecule has 0 saturated carbocycles. The maximum Gasteiger partial charge on any atom is 0.302 e. The molecule has 0 atom stereocenters. The van der Waals surface area contributed by atoms with Crippen LogP contribution in [0.2, 0.25) is 0 Å². The molecule has 1 rings (SSSR count). The van der Waals surface area contributed by atoms with Gasteiger partial charge in [-0.3, -0.25) is 4.79 Å². The third-order valence-electron chi connectivity index (χ3n) is 1.93. The summed E-state index contributed by atoms with van der Waals surface area (Å²) in [6.45, 7) is 1.76. The number of allylic oxidation sites excluding steroid dienone is 2. The predicted octanol–water partition coefficient (Wildman–Crippen LogP) is 3.21. The molecule has 0 aliphatic heterocycles. The molecule has 84 valence electrons. The van der Waals surface area contributed by atoms with E-state index >= 15 is 0 Å². The Morgan fingerprint density at radius 3 is 2.62 bits per heavy atom. The highest BCUT2D eigenvalue weighted by Gasteiger charge is 1.85. The van der Waals surface area contributed by atoms with Gasteiger partial charge in [-0.15, -0.1) is 0 Å². The summed E-state index contributed by atoms with van der Waals surface area (Å²) < 4.78 is 4.76. The minimum atomic E-state index is -0.246. The van der Waals surface area contributed by atoms with E-state index in [0.29, 0.717) is 6.61 Å². The fourth-order valence-corrected chi connectivity index (χ4v) is 1.18. The zero-order valence-corrected chi connectivity index (χ0v) is 9.43. The van der Waals surface area contributed by atoms with E-state index in [4.69, 9.17) is 4.74 Å². The van der Waals surface area contributed by atoms with Crippen LogP contribution >= 0.6 is 0 Å². The van der Waals surface area contributed by atoms with Crippen molar-refractivity contribution in [2.45, 2.75) is 13.3 Å². The highest BCUT2D eigenvalue weighted by Crippen LogP contribution is 2.01. The van der Waals surface area contributed by atoms with E-state index in [2.05, 4.69) is 24.3 Å². The van der Waals surface area contributed by atoms with Crippen molar-refractivity contribution in [3.05, 3.63) is 54.1 Å². The van der Waals surface area contributed by atoms with Gasteiger partial charge < -0.3 is 4.74 Å². The summed E-state index contributed by atoms with van der Waals surface area (Å²) in [6.07, 6.45) is 8.80. The predicted molar refractivity (Wildman–Crippen MR) is 65.9 cm³/mol. The molecule has 1 aromatic rings. The quantitative estimate of drug-likeness (QED) is 0.558. The summed E-state index contributed by atoms with van der Waals surface area (Å²) in [6, 6.07) is 10.1. The van der Waals surface area contributed by atoms with Gasteiger partial charge >= 0.3 is 5.97 Å². The van der Waals surface area contributed by atoms with Gasteiger partial charge in [0.05, 0.1) is 0 Å². The number of ether oxygens (including phenoxy) is 1. The number of hydrogen-bond donors (Lipinski definition) is 0. The van der Waals surface area contributed by atoms with Gasteiger partial charge in [-0.2, -0.15) is 0 Å². The van der Waals surface area contributed by atoms with Crippen LogP contribution in [0, 0.1) is 0 Å². The van der Waals surface area contributed by atoms with Gasteiger partial charge in [-0.1, -0.05) is 54.6 Å². The lowest BCUT2D eigenvalue weighted by Crippen LogP contribution is -1.97. The summed E-state index contributed by atoms with van der Waals surface area (Å²) in [5, 5.41) is 0. The van der Waals surface area contributed by atoms with Crippen molar-refractivity contribution < 1.29 is 9.53 Å². The maximum atomic E-state index is 10.4. The first kappa shape index (κ1) is 12.2. The highest BCUT2D eigenvalue weighted by molar-refractivity contribution is 5.65. The molecule has 0 heterocycles. The van der Waals surface area contributed by atoms with E-state index in [9.17, 15) is 4.79 Å². The van der Waals surface area contributed by atoms with Crippen LogP contribution in [0.3, 0.4) is 0 Å². The van der Waals surface area contributed by atoms with Crippen molar-refractivity contribution in [2.75, 3.05) is 6.61 Å². The van der Waals surface area contributed by atoms with Gasteiger partial charge in [0.15, 0.2) is 0 Å². The standard InChI is InChI=1S/C14H16O2/c1-13(15)16-12-8-3-2-5-9-14-10-6-4-7-11-14/h3-11H,2,12H2,1H3/b8-3+,9-5-. The fraction of sp³-hybridized carbons (Fsp3) is 0.214. The number of carbonyl (C=O) groups excluding carboxylic acids is 1. The summed E-state index contributed by atoms with van der Waals surface area (Å²) in [5.41, 5.74) is 1.19. The molecule has 0 saturated heterocycles. The normalized spacial score (nSPS) is 11.1. The van der Waals surface area contributed by atoms with Crippen LogP contribution in [-0.4, -0.2) is 12.6 Å². The van der Waals surface area contributed by atoms with Crippen molar-refractivity contribution in [1.82, 2.24) is 0 Å². The monoisotopic (exact) mass is 216 g/mol. The molecule has 2 heteroatoms. The molecule has 0 amide bonds. The molecule has 0 spiro atoms. The molecule has 0 aliphatic rings. The molecular weight excluding hydrogens is 200 g/mol. The molecule has 0 bridgehead atoms. The third kappa shape index (κ3) is 5.81. The van der Waals surface area contributed by atoms with Crippen LogP contribution in [0.4, 0.5) is 0 Å². The Balaban J connectivity index is 2.20. The number of carbonyl (C=O) groups is 1. The number of hydrogen-bond acceptors (Lipinski definition) is 2. The summed E-state index contributed by atoms with van der Waals surface area (Å²) in [7, 11) is 0. The Labute approximate surface area is 96.2 Å². The maximum absolute atomic E-state index is 10.4. The zero-order chi connectivity index (χ0) is 11.6. The fourth-order valence-electron chi connectivity index (χ4n) is 1.18. The van der Waals surface area contributed by atoms with Gasteiger partial charge in [0.1, 0.15) is 6.61 Å². The van der Waals surface area contributed by atoms with Gasteiger partial charge in [-0.25, -0.2) is 0 Å². The number of esters is 1. The average molecular weight is 216 g/mol. The van der Waals surface area contributed by atoms with Crippen molar-refractivity contribution in [1.29, 1.82) is 0 Å². The van der Waals surface area contributed by atoms with Crippen molar-refractivity contribution >= 4 is 12.0 Å². The first-order valence-electron chi connectivity index (χ1n) is 5.29. The first-order chi connectivity index (χ1) is 7.79. The van der Waals surface area contributed by atoms with E-state index in [1.54, 1.807) is 0 Å². The molecule has 16 heavy (non-hydrogen) atoms. The Bertz CT molecular complexity index is 364. The summed E-state index contributed by atoms with van der Waals surface area (Å²) >= 11 is 0. The Morgan fingerprint density at radius 1 is 1.19 bits per heavy atom. The largest absolute Gasteiger partial charge is 0.462 e. The minimum Gasteiger partial charge on any atom is -0.462 e. The molecule has 0 radical (unpaired) electrons. The molecule has 0 fully saturated rings. The molecular formula is C14H16O2. The first-order valence-corrected chi connectivity index (χ1v) is 5.29. The molecule has 0 aliphatic carbocycles. The van der Waals surface area contributed by atoms with Crippen LogP contribution < -0.4 is 0 Å². The van der Waals surface area contributed by atoms with Gasteiger partial charge in [0.2, 0.25) is 0 Å². The molecule has 2 nitrogen and oxygen atoms in total. The lowest BCUT2D eigenvalue weighted by molar-refractivity contribution is -0.139. The van der Waals surface area contributed by atoms with Crippen LogP contribution in [0.5, 0.6) is 0 Å². The van der Waals surface area contributed by atoms with Crippen LogP contribution in [-0.2, 0) is 9.53 Å². The number of rotatable bonds is 5. The van der Waals surface area contributed by atoms with Crippen molar-refractivity contribution in [3.8, 4) is 0 Å². The van der Waals surface area contributed by atoms with Crippen LogP contribution in [0.1, 0.15) is 18.9 Å². The van der Waals surface area contributed by atoms with Gasteiger partial charge in [-0.05, 0) is 12.0 Å². The topological polar surface area (TPSA) is 26.3 Å². The van der Waals surface area contributed by atoms with Crippen LogP contribution in [0.25, 0.3) is 6.08 Å². The number of benzene rings is 1. The lowest BCUT2D eigenvalue weighted by atomic mass is 10.2. The summed E-state index contributed by atoms with van der Waals surface area (Å²) in [5.74, 6) is -0.246. The van der Waals surface area contributed by atoms with Gasteiger partial charge in [0, 0.05) is 6.92 Å². The van der Waals surface area contributed by atoms with E-state index < -0.39 is 0 Å². The molecule has 0 N–H and O–H groups in total. The summed E-state index contributed by atoms with van der Waals surface area (Å²) in [4.78, 5) is 10.4.